The first kappa shape index (κ1) is 58.7. The molecule has 75 heavy (non-hydrogen) atoms. The van der Waals surface area contributed by atoms with E-state index in [-0.39, 0.29) is 35.3 Å². The summed E-state index contributed by atoms with van der Waals surface area (Å²) in [6, 6.07) is 28.7. The van der Waals surface area contributed by atoms with Crippen LogP contribution in [-0.2, 0) is 53.1 Å². The molecule has 21 heteroatoms. The number of benzene rings is 3. The SMILES string of the molecule is COCCCOc1ccnc(CS(=O)c2nc3ccccc3[n-]2)c1C.COCCCOc1ccnc(CS(=O)c2nc3ccccc3[nH]2)c1C.COCCCOc1ccnc(CSc2nc3ccccc3[nH]2)c1C.[Na+]. The third-order valence-corrected chi connectivity index (χ3v) is 14.5. The molecular weight excluding hydrogens is 1020 g/mol. The number of hydrogen-bond acceptors (Lipinski definition) is 15. The first-order chi connectivity index (χ1) is 36.1. The van der Waals surface area contributed by atoms with Crippen molar-refractivity contribution in [3.05, 3.63) is 143 Å². The number of pyridine rings is 3. The Kier molecular flexibility index (Phi) is 24.2. The number of thioether (sulfide) groups is 1. The van der Waals surface area contributed by atoms with Crippen molar-refractivity contribution in [3.8, 4) is 17.2 Å². The van der Waals surface area contributed by atoms with Gasteiger partial charge in [0.2, 0.25) is 0 Å². The van der Waals surface area contributed by atoms with Gasteiger partial charge < -0.3 is 48.4 Å². The van der Waals surface area contributed by atoms with E-state index in [2.05, 4.69) is 44.9 Å². The van der Waals surface area contributed by atoms with E-state index in [1.165, 1.54) is 0 Å². The molecule has 6 aromatic heterocycles. The second-order valence-corrected chi connectivity index (χ2v) is 20.3. The molecule has 17 nitrogen and oxygen atoms in total. The van der Waals surface area contributed by atoms with Crippen LogP contribution in [0.5, 0.6) is 17.2 Å². The van der Waals surface area contributed by atoms with Crippen LogP contribution < -0.4 is 48.8 Å². The van der Waals surface area contributed by atoms with E-state index in [4.69, 9.17) is 28.4 Å². The molecule has 0 saturated carbocycles. The van der Waals surface area contributed by atoms with Crippen molar-refractivity contribution in [1.29, 1.82) is 0 Å². The predicted octanol–water partition coefficient (Wildman–Crippen LogP) is 6.59. The molecule has 0 radical (unpaired) electrons. The fraction of sp³-hybridized carbons (Fsp3) is 0.333. The number of methoxy groups -OCH3 is 3. The van der Waals surface area contributed by atoms with E-state index in [9.17, 15) is 8.42 Å². The minimum Gasteiger partial charge on any atom is -0.493 e. The number of H-pyrrole nitrogens is 2. The number of hydrogen-bond donors (Lipinski definition) is 2. The van der Waals surface area contributed by atoms with Gasteiger partial charge >= 0.3 is 29.6 Å². The molecule has 0 fully saturated rings. The molecule has 0 amide bonds. The summed E-state index contributed by atoms with van der Waals surface area (Å²) in [5, 5.41) is 1.71. The van der Waals surface area contributed by atoms with E-state index >= 15 is 0 Å². The molecule has 9 aromatic rings. The maximum Gasteiger partial charge on any atom is 1.00 e. The van der Waals surface area contributed by atoms with Gasteiger partial charge in [0.05, 0.1) is 92.1 Å². The van der Waals surface area contributed by atoms with E-state index in [1.54, 1.807) is 51.7 Å². The van der Waals surface area contributed by atoms with Gasteiger partial charge in [0.1, 0.15) is 17.2 Å². The molecule has 0 aliphatic rings. The number of fused-ring (bicyclic) bond motifs is 3. The number of imidazole rings is 3. The van der Waals surface area contributed by atoms with Crippen LogP contribution in [-0.4, -0.2) is 109 Å². The van der Waals surface area contributed by atoms with Crippen LogP contribution >= 0.6 is 11.8 Å². The van der Waals surface area contributed by atoms with Crippen LogP contribution in [0.15, 0.2) is 125 Å². The molecule has 6 heterocycles. The van der Waals surface area contributed by atoms with Crippen LogP contribution in [0.4, 0.5) is 0 Å². The molecule has 390 valence electrons. The number of nitrogens with one attached hydrogen (secondary N) is 2. The van der Waals surface area contributed by atoms with Gasteiger partial charge in [0.25, 0.3) is 0 Å². The van der Waals surface area contributed by atoms with Crippen LogP contribution in [0.25, 0.3) is 33.1 Å². The Balaban J connectivity index is 0.000000182. The topological polar surface area (TPSA) is 213 Å². The first-order valence-corrected chi connectivity index (χ1v) is 27.6. The third kappa shape index (κ3) is 17.2. The fourth-order valence-corrected chi connectivity index (χ4v) is 10.4. The maximum absolute atomic E-state index is 12.7. The zero-order valence-corrected chi connectivity index (χ0v) is 47.9. The molecule has 2 N–H and O–H groups in total. The summed E-state index contributed by atoms with van der Waals surface area (Å²) in [5.41, 5.74) is 10.6. The van der Waals surface area contributed by atoms with Crippen LogP contribution in [0.1, 0.15) is 53.0 Å². The Morgan fingerprint density at radius 3 is 1.48 bits per heavy atom. The quantitative estimate of drug-likeness (QED) is 0.0371. The molecule has 2 unspecified atom stereocenters. The van der Waals surface area contributed by atoms with Gasteiger partial charge in [-0.2, -0.15) is 0 Å². The predicted molar refractivity (Wildman–Crippen MR) is 290 cm³/mol. The van der Waals surface area contributed by atoms with E-state index < -0.39 is 21.6 Å². The Labute approximate surface area is 468 Å². The molecule has 9 rings (SSSR count). The summed E-state index contributed by atoms with van der Waals surface area (Å²) < 4.78 is 57.7. The van der Waals surface area contributed by atoms with Crippen molar-refractivity contribution < 1.29 is 66.4 Å². The molecular formula is C54H62N9NaO8S3. The second kappa shape index (κ2) is 30.9. The van der Waals surface area contributed by atoms with Crippen molar-refractivity contribution >= 4 is 66.5 Å². The van der Waals surface area contributed by atoms with Crippen molar-refractivity contribution in [1.82, 2.24) is 44.9 Å². The van der Waals surface area contributed by atoms with E-state index in [1.807, 2.05) is 112 Å². The second-order valence-electron chi connectivity index (χ2n) is 16.6. The summed E-state index contributed by atoms with van der Waals surface area (Å²) in [6.07, 6.45) is 7.66. The average molecular weight is 1080 g/mol. The number of nitrogens with zero attached hydrogens (tertiary/aromatic N) is 7. The fourth-order valence-electron chi connectivity index (χ4n) is 7.28. The zero-order valence-electron chi connectivity index (χ0n) is 43.5. The molecule has 2 atom stereocenters. The van der Waals surface area contributed by atoms with Gasteiger partial charge in [-0.1, -0.05) is 60.3 Å². The van der Waals surface area contributed by atoms with Crippen LogP contribution in [0, 0.1) is 20.8 Å². The maximum atomic E-state index is 12.7. The monoisotopic (exact) mass is 1080 g/mol. The summed E-state index contributed by atoms with van der Waals surface area (Å²) in [4.78, 5) is 37.3. The summed E-state index contributed by atoms with van der Waals surface area (Å²) in [5.74, 6) is 3.72. The van der Waals surface area contributed by atoms with Gasteiger partial charge in [-0.05, 0) is 74.3 Å². The molecule has 0 saturated heterocycles. The normalized spacial score (nSPS) is 11.8. The largest absolute Gasteiger partial charge is 1.00 e. The van der Waals surface area contributed by atoms with E-state index in [0.29, 0.717) is 55.7 Å². The molecule has 0 aliphatic heterocycles. The van der Waals surface area contributed by atoms with Gasteiger partial charge in [-0.25, -0.2) is 9.97 Å². The third-order valence-electron chi connectivity index (χ3n) is 11.4. The number of aromatic amines is 2. The number of rotatable bonds is 24. The van der Waals surface area contributed by atoms with Crippen molar-refractivity contribution in [2.75, 3.05) is 61.0 Å². The molecule has 0 spiro atoms. The average Bonchev–Trinajstić information content (AvgIpc) is 4.18. The van der Waals surface area contributed by atoms with Gasteiger partial charge in [0, 0.05) is 107 Å². The Hall–Kier alpha value is -5.55. The zero-order chi connectivity index (χ0) is 52.1. The summed E-state index contributed by atoms with van der Waals surface area (Å²) in [6.45, 7) is 9.72. The van der Waals surface area contributed by atoms with Gasteiger partial charge in [0.15, 0.2) is 10.3 Å². The Morgan fingerprint density at radius 1 is 0.520 bits per heavy atom. The van der Waals surface area contributed by atoms with Crippen LogP contribution in [0.3, 0.4) is 0 Å². The molecule has 3 aromatic carbocycles. The Morgan fingerprint density at radius 2 is 0.973 bits per heavy atom. The molecule has 0 bridgehead atoms. The number of ether oxygens (including phenoxy) is 6. The summed E-state index contributed by atoms with van der Waals surface area (Å²) in [7, 11) is 2.38. The standard InChI is InChI=1S/C18H21N3O3S.C18H20N3O3S.C18H21N3O2S.Na/c2*1-13-16(19-9-8-17(13)24-11-5-10-23-2)12-25(22)18-20-14-6-3-4-7-15(14)21-18;1-13-16(19-9-8-17(13)23-11-5-10-22-2)12-24-18-20-14-6-3-4-7-15(14)21-18;/h3-4,6-9H,5,10-12H2,1-2H3,(H,20,21);3-4,6-9H,5,10-12H2,1-2H3;3-4,6-9H,5,10-12H2,1-2H3,(H,20,21);/q;-1;;+1. The molecule has 0 aliphatic carbocycles. The van der Waals surface area contributed by atoms with Crippen molar-refractivity contribution in [3.63, 3.8) is 0 Å². The van der Waals surface area contributed by atoms with Crippen molar-refractivity contribution in [2.45, 2.75) is 72.8 Å². The smallest absolute Gasteiger partial charge is 0.493 e. The van der Waals surface area contributed by atoms with Crippen molar-refractivity contribution in [2.24, 2.45) is 0 Å². The summed E-state index contributed by atoms with van der Waals surface area (Å²) >= 11 is 1.65. The first-order valence-electron chi connectivity index (χ1n) is 24.0. The van der Waals surface area contributed by atoms with Crippen LogP contribution in [0.2, 0.25) is 0 Å². The van der Waals surface area contributed by atoms with Gasteiger partial charge in [-0.15, -0.1) is 0 Å². The van der Waals surface area contributed by atoms with Gasteiger partial charge in [-0.3, -0.25) is 23.4 Å². The minimum absolute atomic E-state index is 0. The number of para-hydroxylation sites is 6. The minimum atomic E-state index is -1.35. The van der Waals surface area contributed by atoms with E-state index in [0.717, 1.165) is 114 Å². The Bertz CT molecular complexity index is 3000. The number of aromatic nitrogens is 9.